The molecule has 0 aromatic carbocycles. The summed E-state index contributed by atoms with van der Waals surface area (Å²) in [4.78, 5) is 1.18. The standard InChI is InChI=1S/C12H19N5S/c1-5-6-13-10(12-9(3)15-16-18-12)11-8(2)7-14-17(11)4/h7,10,13H,5-6H2,1-4H3. The van der Waals surface area contributed by atoms with Crippen molar-refractivity contribution in [3.05, 3.63) is 28.0 Å². The Morgan fingerprint density at radius 1 is 1.44 bits per heavy atom. The molecule has 0 radical (unpaired) electrons. The lowest BCUT2D eigenvalue weighted by Gasteiger charge is -2.18. The molecule has 0 bridgehead atoms. The Hall–Kier alpha value is -1.27. The second-order valence-corrected chi connectivity index (χ2v) is 5.23. The normalized spacial score (nSPS) is 12.9. The average Bonchev–Trinajstić information content (AvgIpc) is 2.90. The minimum Gasteiger partial charge on any atom is -0.304 e. The lowest BCUT2D eigenvalue weighted by Crippen LogP contribution is -2.25. The molecular formula is C12H19N5S. The number of hydrogen-bond acceptors (Lipinski definition) is 5. The number of aromatic nitrogens is 4. The Morgan fingerprint density at radius 3 is 2.72 bits per heavy atom. The largest absolute Gasteiger partial charge is 0.304 e. The Labute approximate surface area is 111 Å². The number of hydrogen-bond donors (Lipinski definition) is 1. The van der Waals surface area contributed by atoms with E-state index in [1.807, 2.05) is 24.9 Å². The van der Waals surface area contributed by atoms with Crippen LogP contribution in [-0.4, -0.2) is 25.9 Å². The maximum absolute atomic E-state index is 4.33. The summed E-state index contributed by atoms with van der Waals surface area (Å²) < 4.78 is 5.97. The smallest absolute Gasteiger partial charge is 0.0879 e. The van der Waals surface area contributed by atoms with Crippen molar-refractivity contribution in [2.45, 2.75) is 33.2 Å². The monoisotopic (exact) mass is 265 g/mol. The Kier molecular flexibility index (Phi) is 4.08. The minimum atomic E-state index is 0.137. The molecule has 0 saturated heterocycles. The third-order valence-electron chi connectivity index (χ3n) is 3.00. The van der Waals surface area contributed by atoms with Crippen molar-refractivity contribution in [1.82, 2.24) is 24.7 Å². The van der Waals surface area contributed by atoms with E-state index in [1.54, 1.807) is 0 Å². The van der Waals surface area contributed by atoms with Crippen LogP contribution < -0.4 is 5.32 Å². The maximum atomic E-state index is 4.33. The van der Waals surface area contributed by atoms with Gasteiger partial charge in [0.25, 0.3) is 0 Å². The number of nitrogens with zero attached hydrogens (tertiary/aromatic N) is 4. The van der Waals surface area contributed by atoms with E-state index in [4.69, 9.17) is 0 Å². The molecule has 2 rings (SSSR count). The SMILES string of the molecule is CCCNC(c1snnc1C)c1c(C)cnn1C. The molecule has 18 heavy (non-hydrogen) atoms. The molecule has 2 aromatic heterocycles. The molecular weight excluding hydrogens is 246 g/mol. The summed E-state index contributed by atoms with van der Waals surface area (Å²) in [5.41, 5.74) is 3.38. The molecule has 98 valence electrons. The van der Waals surface area contributed by atoms with E-state index in [1.165, 1.54) is 27.7 Å². The van der Waals surface area contributed by atoms with Crippen LogP contribution in [-0.2, 0) is 7.05 Å². The van der Waals surface area contributed by atoms with Gasteiger partial charge in [-0.25, -0.2) is 0 Å². The predicted molar refractivity (Wildman–Crippen MR) is 72.7 cm³/mol. The molecule has 1 atom stereocenters. The fourth-order valence-electron chi connectivity index (χ4n) is 2.08. The first kappa shape index (κ1) is 13.2. The van der Waals surface area contributed by atoms with Crippen molar-refractivity contribution in [1.29, 1.82) is 0 Å². The van der Waals surface area contributed by atoms with Crippen LogP contribution in [0.3, 0.4) is 0 Å². The highest BCUT2D eigenvalue weighted by Gasteiger charge is 2.23. The van der Waals surface area contributed by atoms with Crippen LogP contribution in [0.2, 0.25) is 0 Å². The zero-order chi connectivity index (χ0) is 13.1. The van der Waals surface area contributed by atoms with Gasteiger partial charge in [-0.3, -0.25) is 4.68 Å². The third kappa shape index (κ3) is 2.44. The molecule has 2 aromatic rings. The Morgan fingerprint density at radius 2 is 2.22 bits per heavy atom. The summed E-state index contributed by atoms with van der Waals surface area (Å²) >= 11 is 1.46. The molecule has 2 heterocycles. The van der Waals surface area contributed by atoms with Crippen molar-refractivity contribution >= 4 is 11.5 Å². The molecule has 5 nitrogen and oxygen atoms in total. The van der Waals surface area contributed by atoms with Crippen LogP contribution >= 0.6 is 11.5 Å². The zero-order valence-corrected chi connectivity index (χ0v) is 12.1. The predicted octanol–water partition coefficient (Wildman–Crippen LogP) is 1.98. The summed E-state index contributed by atoms with van der Waals surface area (Å²) in [6.07, 6.45) is 3.00. The van der Waals surface area contributed by atoms with Gasteiger partial charge in [0.1, 0.15) is 0 Å². The van der Waals surface area contributed by atoms with Gasteiger partial charge in [0, 0.05) is 7.05 Å². The third-order valence-corrected chi connectivity index (χ3v) is 3.89. The molecule has 0 aliphatic carbocycles. The highest BCUT2D eigenvalue weighted by atomic mass is 32.1. The van der Waals surface area contributed by atoms with Gasteiger partial charge in [0.2, 0.25) is 0 Å². The molecule has 0 spiro atoms. The summed E-state index contributed by atoms with van der Waals surface area (Å²) in [5, 5.41) is 12.0. The first-order valence-corrected chi connectivity index (χ1v) is 6.93. The lowest BCUT2D eigenvalue weighted by atomic mass is 10.1. The first-order chi connectivity index (χ1) is 8.65. The van der Waals surface area contributed by atoms with Gasteiger partial charge >= 0.3 is 0 Å². The Bertz CT molecular complexity index is 497. The molecule has 0 amide bonds. The van der Waals surface area contributed by atoms with E-state index in [0.29, 0.717) is 0 Å². The van der Waals surface area contributed by atoms with E-state index in [2.05, 4.69) is 33.8 Å². The first-order valence-electron chi connectivity index (χ1n) is 6.15. The summed E-state index contributed by atoms with van der Waals surface area (Å²) in [7, 11) is 1.98. The van der Waals surface area contributed by atoms with Crippen LogP contribution in [0.4, 0.5) is 0 Å². The van der Waals surface area contributed by atoms with E-state index in [-0.39, 0.29) is 6.04 Å². The van der Waals surface area contributed by atoms with Crippen LogP contribution in [0.5, 0.6) is 0 Å². The molecule has 0 fully saturated rings. The second-order valence-electron chi connectivity index (χ2n) is 4.45. The molecule has 1 unspecified atom stereocenters. The van der Waals surface area contributed by atoms with Crippen LogP contribution in [0.15, 0.2) is 6.20 Å². The van der Waals surface area contributed by atoms with Crippen LogP contribution in [0.1, 0.15) is 41.2 Å². The van der Waals surface area contributed by atoms with Gasteiger partial charge in [-0.05, 0) is 43.9 Å². The van der Waals surface area contributed by atoms with Gasteiger partial charge in [0.15, 0.2) is 0 Å². The summed E-state index contributed by atoms with van der Waals surface area (Å²) in [5.74, 6) is 0. The van der Waals surface area contributed by atoms with Crippen molar-refractivity contribution in [3.8, 4) is 0 Å². The van der Waals surface area contributed by atoms with Crippen molar-refractivity contribution in [3.63, 3.8) is 0 Å². The van der Waals surface area contributed by atoms with Gasteiger partial charge in [-0.2, -0.15) is 5.10 Å². The minimum absolute atomic E-state index is 0.137. The highest BCUT2D eigenvalue weighted by Crippen LogP contribution is 2.28. The van der Waals surface area contributed by atoms with Crippen LogP contribution in [0.25, 0.3) is 0 Å². The summed E-state index contributed by atoms with van der Waals surface area (Å²) in [6, 6.07) is 0.137. The second kappa shape index (κ2) is 5.58. The zero-order valence-electron chi connectivity index (χ0n) is 11.3. The Balaban J connectivity index is 2.40. The van der Waals surface area contributed by atoms with Gasteiger partial charge in [-0.1, -0.05) is 11.4 Å². The molecule has 1 N–H and O–H groups in total. The molecule has 0 aliphatic rings. The summed E-state index contributed by atoms with van der Waals surface area (Å²) in [6.45, 7) is 7.22. The fourth-order valence-corrected chi connectivity index (χ4v) is 2.80. The van der Waals surface area contributed by atoms with Gasteiger partial charge in [0.05, 0.1) is 28.5 Å². The average molecular weight is 265 g/mol. The van der Waals surface area contributed by atoms with Crippen molar-refractivity contribution < 1.29 is 0 Å². The quantitative estimate of drug-likeness (QED) is 0.898. The number of aryl methyl sites for hydroxylation is 3. The highest BCUT2D eigenvalue weighted by molar-refractivity contribution is 7.05. The van der Waals surface area contributed by atoms with E-state index in [9.17, 15) is 0 Å². The van der Waals surface area contributed by atoms with E-state index in [0.717, 1.165) is 18.7 Å². The van der Waals surface area contributed by atoms with E-state index < -0.39 is 0 Å². The maximum Gasteiger partial charge on any atom is 0.0879 e. The van der Waals surface area contributed by atoms with Gasteiger partial charge in [-0.15, -0.1) is 5.10 Å². The molecule has 6 heteroatoms. The van der Waals surface area contributed by atoms with Crippen LogP contribution in [0, 0.1) is 13.8 Å². The molecule has 0 aliphatic heterocycles. The van der Waals surface area contributed by atoms with Crippen molar-refractivity contribution in [2.75, 3.05) is 6.54 Å². The van der Waals surface area contributed by atoms with Crippen molar-refractivity contribution in [2.24, 2.45) is 7.05 Å². The van der Waals surface area contributed by atoms with Gasteiger partial charge < -0.3 is 5.32 Å². The van der Waals surface area contributed by atoms with E-state index >= 15 is 0 Å². The number of rotatable bonds is 5. The fraction of sp³-hybridized carbons (Fsp3) is 0.583. The number of nitrogens with one attached hydrogen (secondary N) is 1. The molecule has 0 saturated carbocycles. The topological polar surface area (TPSA) is 55.6 Å². The lowest BCUT2D eigenvalue weighted by molar-refractivity contribution is 0.555.